The first kappa shape index (κ1) is 21.7. The Labute approximate surface area is 175 Å². The highest BCUT2D eigenvalue weighted by Crippen LogP contribution is 2.38. The molecule has 0 amide bonds. The van der Waals surface area contributed by atoms with Crippen LogP contribution in [0.1, 0.15) is 86.3 Å². The number of Topliss-reactive ketones (excluding diaryl/α,β-unsaturated/α-hetero) is 1. The molecule has 2 N–H and O–H groups in total. The Kier molecular flexibility index (Phi) is 7.23. The first-order valence-corrected chi connectivity index (χ1v) is 11.1. The molecule has 5 nitrogen and oxygen atoms in total. The summed E-state index contributed by atoms with van der Waals surface area (Å²) in [4.78, 5) is 12.8. The van der Waals surface area contributed by atoms with Gasteiger partial charge in [0.05, 0.1) is 0 Å². The lowest BCUT2D eigenvalue weighted by Crippen LogP contribution is -2.22. The topological polar surface area (TPSA) is 73.8 Å². The van der Waals surface area contributed by atoms with Crippen molar-refractivity contribution in [2.75, 3.05) is 6.54 Å². The highest BCUT2D eigenvalue weighted by molar-refractivity contribution is 5.82. The molecule has 0 bridgehead atoms. The maximum atomic E-state index is 12.8. The maximum Gasteiger partial charge on any atom is 0.138 e. The van der Waals surface area contributed by atoms with Crippen LogP contribution < -0.4 is 5.73 Å². The van der Waals surface area contributed by atoms with Crippen molar-refractivity contribution in [3.8, 4) is 0 Å². The van der Waals surface area contributed by atoms with Gasteiger partial charge in [-0.15, -0.1) is 10.2 Å². The molecule has 5 heteroatoms. The van der Waals surface area contributed by atoms with Gasteiger partial charge in [0.15, 0.2) is 0 Å². The van der Waals surface area contributed by atoms with Crippen LogP contribution in [0.15, 0.2) is 18.2 Å². The van der Waals surface area contributed by atoms with E-state index in [1.54, 1.807) is 0 Å². The predicted octanol–water partition coefficient (Wildman–Crippen LogP) is 4.45. The molecule has 1 aliphatic rings. The molecular formula is C24H36N4O. The first-order chi connectivity index (χ1) is 13.9. The number of hydrogen-bond donors (Lipinski definition) is 1. The van der Waals surface area contributed by atoms with Gasteiger partial charge in [0.2, 0.25) is 0 Å². The largest absolute Gasteiger partial charge is 0.330 e. The number of aromatic nitrogens is 3. The zero-order valence-electron chi connectivity index (χ0n) is 18.4. The number of aryl methyl sites for hydroxylation is 3. The molecular weight excluding hydrogens is 360 g/mol. The van der Waals surface area contributed by atoms with Gasteiger partial charge in [0.25, 0.3) is 0 Å². The standard InChI is InChI=1S/C24H36N4O/c1-16(2)6-5-7-23-26-27-24(28(23)21-10-11-21)20(15-25)14-22(29)13-19-9-8-17(3)12-18(19)4/h8-9,12,16,20-21H,5-7,10-11,13-15,25H2,1-4H3. The van der Waals surface area contributed by atoms with Crippen LogP contribution in [0.4, 0.5) is 0 Å². The molecule has 1 atom stereocenters. The van der Waals surface area contributed by atoms with Gasteiger partial charge in [0, 0.05) is 37.8 Å². The SMILES string of the molecule is Cc1ccc(CC(=O)CC(CN)c2nnc(CCCC(C)C)n2C2CC2)c(C)c1. The Morgan fingerprint density at radius 3 is 2.62 bits per heavy atom. The number of carbonyl (C=O) groups excluding carboxylic acids is 1. The molecule has 2 aromatic rings. The smallest absolute Gasteiger partial charge is 0.138 e. The second-order valence-corrected chi connectivity index (χ2v) is 9.14. The lowest BCUT2D eigenvalue weighted by atomic mass is 9.95. The first-order valence-electron chi connectivity index (χ1n) is 11.1. The van der Waals surface area contributed by atoms with Crippen LogP contribution in [0.2, 0.25) is 0 Å². The zero-order valence-corrected chi connectivity index (χ0v) is 18.4. The molecule has 0 saturated heterocycles. The number of carbonyl (C=O) groups is 1. The number of nitrogens with zero attached hydrogens (tertiary/aromatic N) is 3. The Bertz CT molecular complexity index is 835. The molecule has 0 spiro atoms. The number of ketones is 1. The summed E-state index contributed by atoms with van der Waals surface area (Å²) < 4.78 is 2.31. The fourth-order valence-corrected chi connectivity index (χ4v) is 4.07. The van der Waals surface area contributed by atoms with E-state index >= 15 is 0 Å². The van der Waals surface area contributed by atoms with E-state index in [-0.39, 0.29) is 11.7 Å². The van der Waals surface area contributed by atoms with Gasteiger partial charge in [-0.3, -0.25) is 4.79 Å². The van der Waals surface area contributed by atoms with Gasteiger partial charge in [-0.05, 0) is 50.2 Å². The van der Waals surface area contributed by atoms with Crippen molar-refractivity contribution in [2.24, 2.45) is 11.7 Å². The van der Waals surface area contributed by atoms with Gasteiger partial charge in [-0.25, -0.2) is 0 Å². The Balaban J connectivity index is 1.70. The third-order valence-electron chi connectivity index (χ3n) is 5.90. The predicted molar refractivity (Wildman–Crippen MR) is 117 cm³/mol. The number of nitrogens with two attached hydrogens (primary N) is 1. The fourth-order valence-electron chi connectivity index (χ4n) is 4.07. The molecule has 158 valence electrons. The maximum absolute atomic E-state index is 12.8. The van der Waals surface area contributed by atoms with Crippen LogP contribution in [0.3, 0.4) is 0 Å². The van der Waals surface area contributed by atoms with E-state index < -0.39 is 0 Å². The minimum atomic E-state index is -0.0554. The summed E-state index contributed by atoms with van der Waals surface area (Å²) in [5.74, 6) is 2.86. The number of hydrogen-bond acceptors (Lipinski definition) is 4. The van der Waals surface area contributed by atoms with Crippen molar-refractivity contribution < 1.29 is 4.79 Å². The van der Waals surface area contributed by atoms with Crippen molar-refractivity contribution in [1.82, 2.24) is 14.8 Å². The molecule has 1 aliphatic carbocycles. The molecule has 0 radical (unpaired) electrons. The summed E-state index contributed by atoms with van der Waals surface area (Å²) >= 11 is 0. The fraction of sp³-hybridized carbons (Fsp3) is 0.625. The summed E-state index contributed by atoms with van der Waals surface area (Å²) in [6.45, 7) is 9.08. The van der Waals surface area contributed by atoms with Crippen LogP contribution in [0.5, 0.6) is 0 Å². The molecule has 1 aromatic carbocycles. The highest BCUT2D eigenvalue weighted by atomic mass is 16.1. The van der Waals surface area contributed by atoms with Crippen molar-refractivity contribution in [1.29, 1.82) is 0 Å². The van der Waals surface area contributed by atoms with Crippen LogP contribution >= 0.6 is 0 Å². The minimum absolute atomic E-state index is 0.0554. The second-order valence-electron chi connectivity index (χ2n) is 9.14. The average molecular weight is 397 g/mol. The van der Waals surface area contributed by atoms with E-state index in [2.05, 4.69) is 60.7 Å². The normalized spacial score (nSPS) is 15.1. The molecule has 3 rings (SSSR count). The lowest BCUT2D eigenvalue weighted by molar-refractivity contribution is -0.118. The number of rotatable bonds is 11. The van der Waals surface area contributed by atoms with Crippen molar-refractivity contribution >= 4 is 5.78 Å². The minimum Gasteiger partial charge on any atom is -0.330 e. The molecule has 0 aliphatic heterocycles. The van der Waals surface area contributed by atoms with E-state index in [0.717, 1.165) is 30.1 Å². The zero-order chi connectivity index (χ0) is 21.0. The molecule has 1 heterocycles. The Morgan fingerprint density at radius 1 is 1.24 bits per heavy atom. The molecule has 1 unspecified atom stereocenters. The Hall–Kier alpha value is -2.01. The van der Waals surface area contributed by atoms with E-state index in [1.165, 1.54) is 30.4 Å². The van der Waals surface area contributed by atoms with Gasteiger partial charge < -0.3 is 10.3 Å². The van der Waals surface area contributed by atoms with Gasteiger partial charge in [-0.2, -0.15) is 0 Å². The average Bonchev–Trinajstić information content (AvgIpc) is 3.42. The molecule has 1 aromatic heterocycles. The number of benzene rings is 1. The van der Waals surface area contributed by atoms with Crippen LogP contribution in [-0.2, 0) is 17.6 Å². The monoisotopic (exact) mass is 396 g/mol. The van der Waals surface area contributed by atoms with Gasteiger partial charge in [-0.1, -0.05) is 44.0 Å². The van der Waals surface area contributed by atoms with E-state index in [0.29, 0.717) is 31.3 Å². The van der Waals surface area contributed by atoms with Crippen LogP contribution in [0, 0.1) is 19.8 Å². The lowest BCUT2D eigenvalue weighted by Gasteiger charge is -2.17. The van der Waals surface area contributed by atoms with Crippen molar-refractivity contribution in [3.63, 3.8) is 0 Å². The summed E-state index contributed by atoms with van der Waals surface area (Å²) in [6.07, 6.45) is 6.52. The van der Waals surface area contributed by atoms with Crippen LogP contribution in [-0.4, -0.2) is 27.1 Å². The summed E-state index contributed by atoms with van der Waals surface area (Å²) in [5, 5.41) is 9.02. The molecule has 1 saturated carbocycles. The third-order valence-corrected chi connectivity index (χ3v) is 5.90. The van der Waals surface area contributed by atoms with Crippen molar-refractivity contribution in [2.45, 2.75) is 84.6 Å². The van der Waals surface area contributed by atoms with E-state index in [9.17, 15) is 4.79 Å². The van der Waals surface area contributed by atoms with Crippen molar-refractivity contribution in [3.05, 3.63) is 46.5 Å². The van der Waals surface area contributed by atoms with E-state index in [1.807, 2.05) is 0 Å². The van der Waals surface area contributed by atoms with Gasteiger partial charge in [0.1, 0.15) is 17.4 Å². The summed E-state index contributed by atoms with van der Waals surface area (Å²) in [7, 11) is 0. The summed E-state index contributed by atoms with van der Waals surface area (Å²) in [5.41, 5.74) is 9.61. The Morgan fingerprint density at radius 2 is 2.00 bits per heavy atom. The van der Waals surface area contributed by atoms with Gasteiger partial charge >= 0.3 is 0 Å². The molecule has 1 fully saturated rings. The summed E-state index contributed by atoms with van der Waals surface area (Å²) in [6, 6.07) is 6.77. The second kappa shape index (κ2) is 9.66. The quantitative estimate of drug-likeness (QED) is 0.609. The molecule has 29 heavy (non-hydrogen) atoms. The van der Waals surface area contributed by atoms with Crippen LogP contribution in [0.25, 0.3) is 0 Å². The highest BCUT2D eigenvalue weighted by Gasteiger charge is 2.32. The van der Waals surface area contributed by atoms with E-state index in [4.69, 9.17) is 5.73 Å². The third kappa shape index (κ3) is 5.75.